The number of hydrogen-bond donors (Lipinski definition) is 1. The Morgan fingerprint density at radius 1 is 1.27 bits per heavy atom. The van der Waals surface area contributed by atoms with E-state index in [2.05, 4.69) is 4.90 Å². The average Bonchev–Trinajstić information content (AvgIpc) is 2.03. The molecule has 0 amide bonds. The van der Waals surface area contributed by atoms with Crippen molar-refractivity contribution in [1.82, 2.24) is 4.90 Å². The molecule has 11 heavy (non-hydrogen) atoms. The van der Waals surface area contributed by atoms with Crippen LogP contribution in [0.3, 0.4) is 0 Å². The summed E-state index contributed by atoms with van der Waals surface area (Å²) >= 11 is 0. The van der Waals surface area contributed by atoms with Gasteiger partial charge >= 0.3 is 0 Å². The Morgan fingerprint density at radius 2 is 1.91 bits per heavy atom. The Kier molecular flexibility index (Phi) is 8.31. The third kappa shape index (κ3) is 5.26. The van der Waals surface area contributed by atoms with Gasteiger partial charge < -0.3 is 9.84 Å². The topological polar surface area (TPSA) is 32.7 Å². The minimum atomic E-state index is 0. The van der Waals surface area contributed by atoms with E-state index in [-0.39, 0.29) is 32.7 Å². The predicted molar refractivity (Wildman–Crippen MR) is 39.0 cm³/mol. The Labute approximate surface area is 93.0 Å². The Hall–Kier alpha value is 0.984. The van der Waals surface area contributed by atoms with E-state index in [9.17, 15) is 0 Å². The van der Waals surface area contributed by atoms with Crippen LogP contribution in [0.4, 0.5) is 0 Å². The van der Waals surface area contributed by atoms with Crippen LogP contribution in [0.25, 0.3) is 0 Å². The van der Waals surface area contributed by atoms with Crippen LogP contribution in [0, 0.1) is 0 Å². The first-order chi connectivity index (χ1) is 4.93. The summed E-state index contributed by atoms with van der Waals surface area (Å²) < 4.78 is 5.18. The summed E-state index contributed by atoms with van der Waals surface area (Å²) in [6, 6.07) is 0. The summed E-state index contributed by atoms with van der Waals surface area (Å²) in [5, 5.41) is 8.54. The van der Waals surface area contributed by atoms with E-state index >= 15 is 0 Å². The summed E-state index contributed by atoms with van der Waals surface area (Å²) in [7, 11) is 0. The van der Waals surface area contributed by atoms with Gasteiger partial charge in [-0.1, -0.05) is 0 Å². The molecule has 0 aromatic rings. The molecular formula is C7H15NO2Y. The molecule has 0 spiro atoms. The zero-order valence-electron chi connectivity index (χ0n) is 6.83. The number of nitrogens with zero attached hydrogens (tertiary/aromatic N) is 1. The summed E-state index contributed by atoms with van der Waals surface area (Å²) in [6.07, 6.45) is 0.889. The van der Waals surface area contributed by atoms with Crippen molar-refractivity contribution in [3.8, 4) is 0 Å². The summed E-state index contributed by atoms with van der Waals surface area (Å²) in [5.74, 6) is 0. The molecule has 1 aliphatic heterocycles. The van der Waals surface area contributed by atoms with E-state index in [0.717, 1.165) is 39.3 Å². The van der Waals surface area contributed by atoms with Gasteiger partial charge in [-0.25, -0.2) is 0 Å². The molecule has 1 rings (SSSR count). The van der Waals surface area contributed by atoms with E-state index in [0.29, 0.717) is 6.61 Å². The van der Waals surface area contributed by atoms with Gasteiger partial charge in [-0.2, -0.15) is 0 Å². The second-order valence-electron chi connectivity index (χ2n) is 2.53. The SMILES string of the molecule is OCCCN1CCOCC1.[Y]. The number of aliphatic hydroxyl groups is 1. The van der Waals surface area contributed by atoms with Crippen LogP contribution in [-0.4, -0.2) is 49.5 Å². The van der Waals surface area contributed by atoms with Gasteiger partial charge in [0, 0.05) is 59.0 Å². The summed E-state index contributed by atoms with van der Waals surface area (Å²) in [4.78, 5) is 2.32. The molecule has 4 heteroatoms. The minimum absolute atomic E-state index is 0. The van der Waals surface area contributed by atoms with Crippen LogP contribution in [-0.2, 0) is 37.4 Å². The molecule has 1 radical (unpaired) electrons. The largest absolute Gasteiger partial charge is 0.396 e. The summed E-state index contributed by atoms with van der Waals surface area (Å²) in [5.41, 5.74) is 0. The zero-order chi connectivity index (χ0) is 7.23. The molecular weight excluding hydrogens is 219 g/mol. The molecule has 0 aromatic heterocycles. The molecule has 1 heterocycles. The second-order valence-corrected chi connectivity index (χ2v) is 2.53. The minimum Gasteiger partial charge on any atom is -0.396 e. The van der Waals surface area contributed by atoms with Gasteiger partial charge in [-0.15, -0.1) is 0 Å². The maximum absolute atomic E-state index is 8.54. The average molecular weight is 234 g/mol. The van der Waals surface area contributed by atoms with E-state index in [4.69, 9.17) is 9.84 Å². The molecule has 1 fully saturated rings. The first kappa shape index (κ1) is 12.0. The van der Waals surface area contributed by atoms with Crippen molar-refractivity contribution >= 4 is 0 Å². The molecule has 0 atom stereocenters. The number of hydrogen-bond acceptors (Lipinski definition) is 3. The van der Waals surface area contributed by atoms with Gasteiger partial charge in [0.1, 0.15) is 0 Å². The van der Waals surface area contributed by atoms with Gasteiger partial charge in [0.25, 0.3) is 0 Å². The van der Waals surface area contributed by atoms with Crippen LogP contribution in [0.15, 0.2) is 0 Å². The van der Waals surface area contributed by atoms with Crippen molar-refractivity contribution in [2.24, 2.45) is 0 Å². The van der Waals surface area contributed by atoms with Crippen LogP contribution in [0.2, 0.25) is 0 Å². The quantitative estimate of drug-likeness (QED) is 0.727. The van der Waals surface area contributed by atoms with Crippen molar-refractivity contribution < 1.29 is 42.6 Å². The molecule has 1 aliphatic rings. The van der Waals surface area contributed by atoms with Crippen molar-refractivity contribution in [1.29, 1.82) is 0 Å². The number of aliphatic hydroxyl groups excluding tert-OH is 1. The first-order valence-corrected chi connectivity index (χ1v) is 3.84. The van der Waals surface area contributed by atoms with Crippen molar-refractivity contribution in [2.45, 2.75) is 6.42 Å². The maximum Gasteiger partial charge on any atom is 0.0594 e. The summed E-state index contributed by atoms with van der Waals surface area (Å²) in [6.45, 7) is 5.08. The molecule has 0 saturated carbocycles. The fraction of sp³-hybridized carbons (Fsp3) is 1.00. The van der Waals surface area contributed by atoms with Gasteiger partial charge in [0.15, 0.2) is 0 Å². The smallest absolute Gasteiger partial charge is 0.0594 e. The third-order valence-corrected chi connectivity index (χ3v) is 1.74. The molecule has 0 unspecified atom stereocenters. The molecule has 63 valence electrons. The maximum atomic E-state index is 8.54. The normalized spacial score (nSPS) is 19.4. The van der Waals surface area contributed by atoms with Gasteiger partial charge in [-0.3, -0.25) is 4.90 Å². The molecule has 0 aromatic carbocycles. The van der Waals surface area contributed by atoms with Crippen molar-refractivity contribution in [2.75, 3.05) is 39.5 Å². The number of morpholine rings is 1. The fourth-order valence-corrected chi connectivity index (χ4v) is 1.12. The van der Waals surface area contributed by atoms with Crippen LogP contribution < -0.4 is 0 Å². The Balaban J connectivity index is 0.000001000. The van der Waals surface area contributed by atoms with Gasteiger partial charge in [0.05, 0.1) is 13.2 Å². The Morgan fingerprint density at radius 3 is 2.45 bits per heavy atom. The standard InChI is InChI=1S/C7H15NO2.Y/c9-5-1-2-8-3-6-10-7-4-8;/h9H,1-7H2;. The van der Waals surface area contributed by atoms with E-state index in [1.807, 2.05) is 0 Å². The number of ether oxygens (including phenoxy) is 1. The third-order valence-electron chi connectivity index (χ3n) is 1.74. The molecule has 1 saturated heterocycles. The first-order valence-electron chi connectivity index (χ1n) is 3.84. The molecule has 0 aliphatic carbocycles. The van der Waals surface area contributed by atoms with Gasteiger partial charge in [-0.05, 0) is 6.42 Å². The zero-order valence-corrected chi connectivity index (χ0v) is 9.67. The van der Waals surface area contributed by atoms with Crippen LogP contribution >= 0.6 is 0 Å². The molecule has 0 bridgehead atoms. The van der Waals surface area contributed by atoms with E-state index < -0.39 is 0 Å². The van der Waals surface area contributed by atoms with Crippen LogP contribution in [0.5, 0.6) is 0 Å². The fourth-order valence-electron chi connectivity index (χ4n) is 1.12. The monoisotopic (exact) mass is 234 g/mol. The van der Waals surface area contributed by atoms with Gasteiger partial charge in [0.2, 0.25) is 0 Å². The predicted octanol–water partition coefficient (Wildman–Crippen LogP) is -0.301. The molecule has 3 nitrogen and oxygen atoms in total. The second kappa shape index (κ2) is 7.62. The van der Waals surface area contributed by atoms with Crippen molar-refractivity contribution in [3.05, 3.63) is 0 Å². The van der Waals surface area contributed by atoms with E-state index in [1.165, 1.54) is 0 Å². The Bertz CT molecular complexity index is 86.5. The molecule has 1 N–H and O–H groups in total. The van der Waals surface area contributed by atoms with Crippen LogP contribution in [0.1, 0.15) is 6.42 Å². The van der Waals surface area contributed by atoms with E-state index in [1.54, 1.807) is 0 Å². The number of rotatable bonds is 3. The van der Waals surface area contributed by atoms with Crippen molar-refractivity contribution in [3.63, 3.8) is 0 Å².